The van der Waals surface area contributed by atoms with Gasteiger partial charge >= 0.3 is 0 Å². The Hall–Kier alpha value is 1.38. The van der Waals surface area contributed by atoms with Crippen LogP contribution in [-0.4, -0.2) is 4.30 Å². The van der Waals surface area contributed by atoms with E-state index in [1.54, 1.807) is 0 Å². The summed E-state index contributed by atoms with van der Waals surface area (Å²) in [5, 5.41) is 0. The Kier molecular flexibility index (Phi) is 10.3. The van der Waals surface area contributed by atoms with Crippen molar-refractivity contribution in [3.8, 4) is 0 Å². The summed E-state index contributed by atoms with van der Waals surface area (Å²) in [6, 6.07) is 0. The molecule has 0 N–H and O–H groups in total. The van der Waals surface area contributed by atoms with Crippen LogP contribution in [0.5, 0.6) is 0 Å². The van der Waals surface area contributed by atoms with Crippen molar-refractivity contribution in [2.75, 3.05) is 0 Å². The Morgan fingerprint density at radius 1 is 1.00 bits per heavy atom. The number of alkyl halides is 3. The minimum Gasteiger partial charge on any atom is -0.0874 e. The molecule has 0 fully saturated rings. The molecular weight excluding hydrogens is 177 g/mol. The molecule has 0 aromatic rings. The average Bonchev–Trinajstić information content (AvgIpc) is 0.811. The van der Waals surface area contributed by atoms with Crippen LogP contribution in [0, 0.1) is 0 Å². The Bertz CT molecular complexity index is 11.6. The van der Waals surface area contributed by atoms with Gasteiger partial charge in [0.15, 0.2) is 4.30 Å². The van der Waals surface area contributed by atoms with E-state index < -0.39 is 4.30 Å². The van der Waals surface area contributed by atoms with Crippen molar-refractivity contribution in [3.63, 3.8) is 0 Å². The SMILES string of the molecule is ClC(Cl)Cl.[Co]. The van der Waals surface area contributed by atoms with E-state index in [2.05, 4.69) is 0 Å². The predicted molar refractivity (Wildman–Crippen MR) is 21.3 cm³/mol. The third-order valence-electron chi connectivity index (χ3n) is 0. The monoisotopic (exact) mass is 177 g/mol. The van der Waals surface area contributed by atoms with E-state index in [1.807, 2.05) is 0 Å². The summed E-state index contributed by atoms with van der Waals surface area (Å²) in [7, 11) is 0. The smallest absolute Gasteiger partial charge is 0.0874 e. The molecule has 0 unspecified atom stereocenters. The van der Waals surface area contributed by atoms with Gasteiger partial charge in [-0.2, -0.15) is 0 Å². The second kappa shape index (κ2) is 5.38. The Labute approximate surface area is 56.0 Å². The molecule has 0 saturated carbocycles. The van der Waals surface area contributed by atoms with Crippen molar-refractivity contribution in [1.82, 2.24) is 0 Å². The maximum atomic E-state index is 4.81. The van der Waals surface area contributed by atoms with Gasteiger partial charge in [0.25, 0.3) is 0 Å². The van der Waals surface area contributed by atoms with E-state index in [0.29, 0.717) is 0 Å². The summed E-state index contributed by atoms with van der Waals surface area (Å²) in [5.41, 5.74) is 0. The van der Waals surface area contributed by atoms with Gasteiger partial charge in [-0.15, -0.1) is 0 Å². The Morgan fingerprint density at radius 3 is 1.00 bits per heavy atom. The third kappa shape index (κ3) is 32.4. The quantitative estimate of drug-likeness (QED) is 0.498. The molecule has 35 valence electrons. The minimum absolute atomic E-state index is 0. The molecule has 0 aromatic heterocycles. The van der Waals surface area contributed by atoms with Crippen LogP contribution in [0.15, 0.2) is 0 Å². The molecule has 4 heteroatoms. The van der Waals surface area contributed by atoms with Crippen molar-refractivity contribution < 1.29 is 16.8 Å². The molecule has 0 atom stereocenters. The number of hydrogen-bond donors (Lipinski definition) is 0. The summed E-state index contributed by atoms with van der Waals surface area (Å²) >= 11 is 14.4. The second-order valence-corrected chi connectivity index (χ2v) is 2.23. The zero-order valence-electron chi connectivity index (χ0n) is 2.04. The molecule has 0 spiro atoms. The van der Waals surface area contributed by atoms with Gasteiger partial charge in [-0.05, 0) is 0 Å². The van der Waals surface area contributed by atoms with Crippen LogP contribution in [0.2, 0.25) is 0 Å². The minimum atomic E-state index is -0.750. The molecule has 1 radical (unpaired) electrons. The molecule has 0 amide bonds. The molecule has 0 aliphatic carbocycles. The maximum absolute atomic E-state index is 4.81. The van der Waals surface area contributed by atoms with E-state index in [-0.39, 0.29) is 16.8 Å². The summed E-state index contributed by atoms with van der Waals surface area (Å²) in [6.45, 7) is 0. The number of rotatable bonds is 0. The average molecular weight is 178 g/mol. The first-order valence-corrected chi connectivity index (χ1v) is 1.96. The van der Waals surface area contributed by atoms with Gasteiger partial charge in [0, 0.05) is 16.8 Å². The molecule has 0 bridgehead atoms. The molecular formula is CHCl3Co. The summed E-state index contributed by atoms with van der Waals surface area (Å²) < 4.78 is -0.750. The van der Waals surface area contributed by atoms with Crippen LogP contribution in [0.4, 0.5) is 0 Å². The first-order chi connectivity index (χ1) is 1.73. The molecule has 0 aliphatic rings. The van der Waals surface area contributed by atoms with E-state index in [1.165, 1.54) is 0 Å². The fourth-order valence-electron chi connectivity index (χ4n) is 0. The first kappa shape index (κ1) is 9.62. The van der Waals surface area contributed by atoms with Crippen LogP contribution in [0.25, 0.3) is 0 Å². The van der Waals surface area contributed by atoms with Crippen molar-refractivity contribution in [2.45, 2.75) is 4.30 Å². The summed E-state index contributed by atoms with van der Waals surface area (Å²) in [5.74, 6) is 0. The number of hydrogen-bond acceptors (Lipinski definition) is 0. The topological polar surface area (TPSA) is 0 Å². The largest absolute Gasteiger partial charge is 0.180 e. The number of halogens is 3. The van der Waals surface area contributed by atoms with Gasteiger partial charge in [-0.25, -0.2) is 0 Å². The van der Waals surface area contributed by atoms with Gasteiger partial charge < -0.3 is 0 Å². The van der Waals surface area contributed by atoms with Gasteiger partial charge in [-0.1, -0.05) is 34.8 Å². The van der Waals surface area contributed by atoms with E-state index in [9.17, 15) is 0 Å². The van der Waals surface area contributed by atoms with Crippen LogP contribution >= 0.6 is 34.8 Å². The Balaban J connectivity index is 0. The van der Waals surface area contributed by atoms with Crippen molar-refractivity contribution in [1.29, 1.82) is 0 Å². The molecule has 0 heterocycles. The molecule has 5 heavy (non-hydrogen) atoms. The van der Waals surface area contributed by atoms with Gasteiger partial charge in [0.05, 0.1) is 0 Å². The van der Waals surface area contributed by atoms with E-state index in [0.717, 1.165) is 0 Å². The normalized spacial score (nSPS) is 7.20. The molecule has 0 aromatic carbocycles. The molecule has 0 nitrogen and oxygen atoms in total. The zero-order chi connectivity index (χ0) is 3.58. The summed E-state index contributed by atoms with van der Waals surface area (Å²) in [6.07, 6.45) is 0. The first-order valence-electron chi connectivity index (χ1n) is 0.655. The van der Waals surface area contributed by atoms with Crippen molar-refractivity contribution in [3.05, 3.63) is 0 Å². The van der Waals surface area contributed by atoms with Gasteiger partial charge in [-0.3, -0.25) is 0 Å². The van der Waals surface area contributed by atoms with E-state index in [4.69, 9.17) is 34.8 Å². The summed E-state index contributed by atoms with van der Waals surface area (Å²) in [4.78, 5) is 0. The molecule has 0 aliphatic heterocycles. The van der Waals surface area contributed by atoms with Crippen molar-refractivity contribution in [2.24, 2.45) is 0 Å². The predicted octanol–water partition coefficient (Wildman–Crippen LogP) is 1.98. The van der Waals surface area contributed by atoms with Crippen LogP contribution in [0.1, 0.15) is 0 Å². The molecule has 0 saturated heterocycles. The fraction of sp³-hybridized carbons (Fsp3) is 1.00. The Morgan fingerprint density at radius 2 is 1.00 bits per heavy atom. The zero-order valence-corrected chi connectivity index (χ0v) is 5.35. The van der Waals surface area contributed by atoms with Gasteiger partial charge in [0.1, 0.15) is 0 Å². The van der Waals surface area contributed by atoms with Gasteiger partial charge in [0.2, 0.25) is 0 Å². The van der Waals surface area contributed by atoms with Crippen molar-refractivity contribution >= 4 is 34.8 Å². The van der Waals surface area contributed by atoms with Crippen LogP contribution < -0.4 is 0 Å². The standard InChI is InChI=1S/CHCl3.Co/c2-1(3)4;/h1H;. The van der Waals surface area contributed by atoms with Crippen LogP contribution in [0.3, 0.4) is 0 Å². The van der Waals surface area contributed by atoms with Crippen LogP contribution in [-0.2, 0) is 16.8 Å². The molecule has 0 rings (SSSR count). The third-order valence-corrected chi connectivity index (χ3v) is 0. The fourth-order valence-corrected chi connectivity index (χ4v) is 0. The van der Waals surface area contributed by atoms with E-state index >= 15 is 0 Å². The second-order valence-electron chi connectivity index (χ2n) is 0.247. The maximum Gasteiger partial charge on any atom is 0.180 e.